The fraction of sp³-hybridized carbons (Fsp3) is 0.407. The van der Waals surface area contributed by atoms with Gasteiger partial charge in [0.05, 0.1) is 11.9 Å². The molecule has 0 saturated carbocycles. The zero-order chi connectivity index (χ0) is 28.4. The average molecular weight is 546 g/mol. The second-order valence-corrected chi connectivity index (χ2v) is 10.2. The number of nitrogens with one attached hydrogen (secondary N) is 1. The van der Waals surface area contributed by atoms with Gasteiger partial charge < -0.3 is 24.3 Å². The van der Waals surface area contributed by atoms with E-state index in [0.717, 1.165) is 0 Å². The fourth-order valence-corrected chi connectivity index (χ4v) is 4.17. The molecule has 1 aliphatic heterocycles. The Morgan fingerprint density at radius 3 is 2.31 bits per heavy atom. The number of carbonyl (C=O) groups is 2. The van der Waals surface area contributed by atoms with Crippen molar-refractivity contribution in [3.8, 4) is 11.5 Å². The van der Waals surface area contributed by atoms with E-state index in [0.29, 0.717) is 37.3 Å². The van der Waals surface area contributed by atoms with Crippen LogP contribution in [0.2, 0.25) is 0 Å². The lowest BCUT2D eigenvalue weighted by Crippen LogP contribution is -2.47. The summed E-state index contributed by atoms with van der Waals surface area (Å²) in [5.74, 6) is -2.19. The first kappa shape index (κ1) is 27.9. The third-order valence-corrected chi connectivity index (χ3v) is 6.14. The Bertz CT molecular complexity index is 1300. The molecule has 0 unspecified atom stereocenters. The highest BCUT2D eigenvalue weighted by Crippen LogP contribution is 2.35. The Kier molecular flexibility index (Phi) is 7.84. The zero-order valence-electron chi connectivity index (χ0n) is 22.1. The van der Waals surface area contributed by atoms with E-state index in [9.17, 15) is 22.8 Å². The highest BCUT2D eigenvalue weighted by molar-refractivity contribution is 6.04. The minimum atomic E-state index is -4.90. The molecular formula is C27H30F3N5O4. The standard InChI is InChI=1S/C27H30F3N5O4/c1-26(2,3)39-25(37)34(4)19-12-14-35(15-13-19)20-11-10-18(16-31-20)32-23(36)21-22(27(28,29)30)38-24(33-21)17-8-6-5-7-9-17/h5-11,16,19H,12-15H2,1-4H3,(H,32,36). The van der Waals surface area contributed by atoms with Crippen LogP contribution in [0.15, 0.2) is 53.1 Å². The average Bonchev–Trinajstić information content (AvgIpc) is 3.35. The van der Waals surface area contributed by atoms with Crippen LogP contribution in [0.5, 0.6) is 0 Å². The number of rotatable bonds is 5. The Morgan fingerprint density at radius 2 is 1.74 bits per heavy atom. The third kappa shape index (κ3) is 6.87. The number of alkyl halides is 3. The molecule has 0 radical (unpaired) electrons. The fourth-order valence-electron chi connectivity index (χ4n) is 4.17. The van der Waals surface area contributed by atoms with Crippen molar-refractivity contribution in [2.45, 2.75) is 51.4 Å². The van der Waals surface area contributed by atoms with Crippen molar-refractivity contribution in [1.29, 1.82) is 0 Å². The zero-order valence-corrected chi connectivity index (χ0v) is 22.1. The Balaban J connectivity index is 1.39. The predicted octanol–water partition coefficient (Wildman–Crippen LogP) is 5.84. The lowest BCUT2D eigenvalue weighted by atomic mass is 10.0. The summed E-state index contributed by atoms with van der Waals surface area (Å²) < 4.78 is 51.1. The summed E-state index contributed by atoms with van der Waals surface area (Å²) in [6.07, 6.45) is -2.47. The molecule has 9 nitrogen and oxygen atoms in total. The summed E-state index contributed by atoms with van der Waals surface area (Å²) in [6.45, 7) is 6.76. The second kappa shape index (κ2) is 11.0. The molecule has 3 aromatic rings. The van der Waals surface area contributed by atoms with Crippen LogP contribution >= 0.6 is 0 Å². The smallest absolute Gasteiger partial charge is 0.444 e. The van der Waals surface area contributed by atoms with E-state index in [1.54, 1.807) is 42.3 Å². The van der Waals surface area contributed by atoms with Gasteiger partial charge in [-0.2, -0.15) is 13.2 Å². The van der Waals surface area contributed by atoms with Gasteiger partial charge in [0.2, 0.25) is 11.7 Å². The van der Waals surface area contributed by atoms with Crippen molar-refractivity contribution >= 4 is 23.5 Å². The number of amides is 2. The van der Waals surface area contributed by atoms with Gasteiger partial charge in [0.1, 0.15) is 11.4 Å². The highest BCUT2D eigenvalue weighted by Gasteiger charge is 2.42. The molecule has 1 fully saturated rings. The number of ether oxygens (including phenoxy) is 1. The molecule has 1 aliphatic rings. The summed E-state index contributed by atoms with van der Waals surface area (Å²) in [6, 6.07) is 11.3. The Labute approximate surface area is 224 Å². The van der Waals surface area contributed by atoms with E-state index in [-0.39, 0.29) is 23.7 Å². The van der Waals surface area contributed by atoms with Crippen molar-refractivity contribution in [2.75, 3.05) is 30.4 Å². The SMILES string of the molecule is CN(C(=O)OC(C)(C)C)C1CCN(c2ccc(NC(=O)c3nc(-c4ccccc4)oc3C(F)(F)F)cn2)CC1. The number of piperidine rings is 1. The number of benzene rings is 1. The van der Waals surface area contributed by atoms with Gasteiger partial charge in [-0.05, 0) is 57.9 Å². The van der Waals surface area contributed by atoms with Crippen LogP contribution in [0.4, 0.5) is 29.5 Å². The highest BCUT2D eigenvalue weighted by atomic mass is 19.4. The number of hydrogen-bond acceptors (Lipinski definition) is 7. The number of halogens is 3. The third-order valence-electron chi connectivity index (χ3n) is 6.14. The molecule has 1 saturated heterocycles. The van der Waals surface area contributed by atoms with Gasteiger partial charge in [-0.1, -0.05) is 18.2 Å². The molecule has 2 aromatic heterocycles. The van der Waals surface area contributed by atoms with E-state index >= 15 is 0 Å². The van der Waals surface area contributed by atoms with E-state index in [1.807, 2.05) is 25.7 Å². The van der Waals surface area contributed by atoms with Crippen LogP contribution in [0, 0.1) is 0 Å². The molecule has 1 N–H and O–H groups in total. The minimum Gasteiger partial charge on any atom is -0.444 e. The van der Waals surface area contributed by atoms with Gasteiger partial charge >= 0.3 is 12.3 Å². The van der Waals surface area contributed by atoms with Crippen LogP contribution in [0.25, 0.3) is 11.5 Å². The maximum atomic E-state index is 13.6. The van der Waals surface area contributed by atoms with Crippen LogP contribution in [0.1, 0.15) is 49.9 Å². The molecule has 208 valence electrons. The molecule has 0 bridgehead atoms. The largest absolute Gasteiger partial charge is 0.452 e. The molecule has 3 heterocycles. The number of oxazole rings is 1. The number of nitrogens with zero attached hydrogens (tertiary/aromatic N) is 4. The van der Waals surface area contributed by atoms with E-state index in [2.05, 4.69) is 15.3 Å². The van der Waals surface area contributed by atoms with E-state index in [1.165, 1.54) is 18.3 Å². The van der Waals surface area contributed by atoms with Crippen LogP contribution in [-0.4, -0.2) is 58.6 Å². The first-order valence-corrected chi connectivity index (χ1v) is 12.4. The quantitative estimate of drug-likeness (QED) is 0.430. The Hall–Kier alpha value is -4.09. The topological polar surface area (TPSA) is 101 Å². The normalized spacial score (nSPS) is 14.7. The number of aromatic nitrogens is 2. The van der Waals surface area contributed by atoms with E-state index in [4.69, 9.17) is 9.15 Å². The lowest BCUT2D eigenvalue weighted by molar-refractivity contribution is -0.153. The van der Waals surface area contributed by atoms with Crippen molar-refractivity contribution in [1.82, 2.24) is 14.9 Å². The number of carbonyl (C=O) groups excluding carboxylic acids is 2. The van der Waals surface area contributed by atoms with Crippen molar-refractivity contribution in [3.05, 3.63) is 60.1 Å². The van der Waals surface area contributed by atoms with Gasteiger partial charge in [-0.15, -0.1) is 0 Å². The van der Waals surface area contributed by atoms with Gasteiger partial charge in [-0.3, -0.25) is 4.79 Å². The first-order valence-electron chi connectivity index (χ1n) is 12.4. The predicted molar refractivity (Wildman–Crippen MR) is 138 cm³/mol. The maximum Gasteiger partial charge on any atom is 0.452 e. The van der Waals surface area contributed by atoms with Gasteiger partial charge in [0.25, 0.3) is 5.91 Å². The molecular weight excluding hydrogens is 515 g/mol. The molecule has 0 aliphatic carbocycles. The second-order valence-electron chi connectivity index (χ2n) is 10.2. The van der Waals surface area contributed by atoms with Gasteiger partial charge in [-0.25, -0.2) is 14.8 Å². The number of anilines is 2. The molecule has 12 heteroatoms. The molecule has 2 amide bonds. The lowest BCUT2D eigenvalue weighted by Gasteiger charge is -2.37. The summed E-state index contributed by atoms with van der Waals surface area (Å²) in [7, 11) is 1.73. The van der Waals surface area contributed by atoms with Crippen molar-refractivity contribution in [3.63, 3.8) is 0 Å². The van der Waals surface area contributed by atoms with E-state index < -0.39 is 29.1 Å². The molecule has 0 atom stereocenters. The van der Waals surface area contributed by atoms with Crippen LogP contribution in [-0.2, 0) is 10.9 Å². The molecule has 0 spiro atoms. The molecule has 1 aromatic carbocycles. The first-order chi connectivity index (χ1) is 18.3. The minimum absolute atomic E-state index is 0.0285. The monoisotopic (exact) mass is 545 g/mol. The summed E-state index contributed by atoms with van der Waals surface area (Å²) >= 11 is 0. The van der Waals surface area contributed by atoms with Gasteiger partial charge in [0.15, 0.2) is 5.69 Å². The molecule has 39 heavy (non-hydrogen) atoms. The summed E-state index contributed by atoms with van der Waals surface area (Å²) in [5.41, 5.74) is -0.907. The number of pyridine rings is 1. The molecule has 4 rings (SSSR count). The summed E-state index contributed by atoms with van der Waals surface area (Å²) in [5, 5.41) is 2.42. The summed E-state index contributed by atoms with van der Waals surface area (Å²) in [4.78, 5) is 36.9. The van der Waals surface area contributed by atoms with Crippen molar-refractivity contribution < 1.29 is 31.9 Å². The Morgan fingerprint density at radius 1 is 1.08 bits per heavy atom. The number of hydrogen-bond donors (Lipinski definition) is 1. The van der Waals surface area contributed by atoms with Crippen molar-refractivity contribution in [2.24, 2.45) is 0 Å². The maximum absolute atomic E-state index is 13.6. The van der Waals surface area contributed by atoms with Crippen LogP contribution < -0.4 is 10.2 Å². The van der Waals surface area contributed by atoms with Gasteiger partial charge in [0, 0.05) is 31.7 Å². The van der Waals surface area contributed by atoms with Crippen LogP contribution in [0.3, 0.4) is 0 Å².